The summed E-state index contributed by atoms with van der Waals surface area (Å²) in [7, 11) is 0. The van der Waals surface area contributed by atoms with Crippen molar-refractivity contribution in [1.29, 1.82) is 0 Å². The number of likely N-dealkylation sites (tertiary alicyclic amines) is 1. The van der Waals surface area contributed by atoms with Crippen LogP contribution in [0.5, 0.6) is 0 Å². The van der Waals surface area contributed by atoms with Crippen LogP contribution < -0.4 is 10.7 Å². The number of hydrogen-bond donors (Lipinski definition) is 1. The van der Waals surface area contributed by atoms with Crippen molar-refractivity contribution in [2.24, 2.45) is 3.25 Å². The summed E-state index contributed by atoms with van der Waals surface area (Å²) < 4.78 is 10.7. The highest BCUT2D eigenvalue weighted by Gasteiger charge is 2.39. The number of nitrogens with two attached hydrogens (primary N) is 1. The van der Waals surface area contributed by atoms with Gasteiger partial charge in [-0.1, -0.05) is 13.3 Å². The molecule has 3 rings (SSSR count). The monoisotopic (exact) mass is 404 g/mol. The highest BCUT2D eigenvalue weighted by Crippen LogP contribution is 2.38. The van der Waals surface area contributed by atoms with Crippen molar-refractivity contribution in [3.05, 3.63) is 9.90 Å². The first-order valence-corrected chi connectivity index (χ1v) is 8.91. The number of nitrogen functional groups attached to an aromatic ring is 1. The predicted molar refractivity (Wildman–Crippen MR) is 85.7 cm³/mol. The average Bonchev–Trinajstić information content (AvgIpc) is 2.83. The molecule has 0 radical (unpaired) electrons. The molecular formula is C12H17IN6O2. The molecule has 2 aliphatic rings. The molecule has 3 heterocycles. The van der Waals surface area contributed by atoms with Gasteiger partial charge in [-0.25, -0.2) is 19.8 Å². The van der Waals surface area contributed by atoms with Gasteiger partial charge in [0.2, 0.25) is 0 Å². The fraction of sp³-hybridized carbons (Fsp3) is 0.583. The molecule has 1 saturated heterocycles. The number of rotatable bonds is 4. The molecule has 1 aromatic rings. The Labute approximate surface area is 132 Å². The number of ether oxygens (including phenoxy) is 1. The van der Waals surface area contributed by atoms with Crippen molar-refractivity contribution in [2.75, 3.05) is 30.4 Å². The molecule has 1 fully saturated rings. The standard InChI is InChI=1S/C12H17IN6O2/c1-2-3-4-21-12(20)18-5-8(6-18)19-11-9(13-17-19)10(14)15-7-16-11/h7-8H,2-6H2,1H3,(H2,14,15,16). The number of aromatic nitrogens is 2. The number of amides is 1. The normalized spacial score (nSPS) is 17.2. The van der Waals surface area contributed by atoms with Crippen LogP contribution in [0.2, 0.25) is 0 Å². The zero-order valence-corrected chi connectivity index (χ0v) is 13.9. The number of halogens is 1. The molecular weight excluding hydrogens is 387 g/mol. The van der Waals surface area contributed by atoms with Crippen LogP contribution in [0, 0.1) is 3.57 Å². The van der Waals surface area contributed by atoms with Gasteiger partial charge in [0.15, 0.2) is 5.82 Å². The van der Waals surface area contributed by atoms with Crippen LogP contribution in [-0.4, -0.2) is 46.7 Å². The van der Waals surface area contributed by atoms with Gasteiger partial charge in [-0.15, -0.1) is 3.25 Å². The smallest absolute Gasteiger partial charge is 0.409 e. The summed E-state index contributed by atoms with van der Waals surface area (Å²) in [6.07, 6.45) is 3.14. The predicted octanol–water partition coefficient (Wildman–Crippen LogP) is 1.74. The third kappa shape index (κ3) is 2.78. The Morgan fingerprint density at radius 3 is 3.10 bits per heavy atom. The Kier molecular flexibility index (Phi) is 4.17. The summed E-state index contributed by atoms with van der Waals surface area (Å²) in [5, 5.41) is 1.90. The molecule has 0 bridgehead atoms. The van der Waals surface area contributed by atoms with Crippen LogP contribution >= 0.6 is 21.0 Å². The molecule has 0 unspecified atom stereocenters. The van der Waals surface area contributed by atoms with Crippen molar-refractivity contribution in [3.8, 4) is 0 Å². The van der Waals surface area contributed by atoms with Crippen molar-refractivity contribution >= 4 is 38.8 Å². The molecule has 1 aromatic heterocycles. The first-order valence-electron chi connectivity index (χ1n) is 6.87. The van der Waals surface area contributed by atoms with Gasteiger partial charge in [-0.05, 0) is 6.42 Å². The lowest BCUT2D eigenvalue weighted by atomic mass is 10.1. The van der Waals surface area contributed by atoms with E-state index in [-0.39, 0.29) is 12.1 Å². The minimum atomic E-state index is -0.521. The molecule has 0 spiro atoms. The number of nitrogens with zero attached hydrogens (tertiary/aromatic N) is 5. The molecule has 0 saturated carbocycles. The van der Waals surface area contributed by atoms with Crippen molar-refractivity contribution in [3.63, 3.8) is 0 Å². The summed E-state index contributed by atoms with van der Waals surface area (Å²) in [6, 6.07) is 0.166. The fourth-order valence-corrected chi connectivity index (χ4v) is 4.11. The number of fused-ring (bicyclic) bond motifs is 1. The van der Waals surface area contributed by atoms with Gasteiger partial charge in [-0.2, -0.15) is 0 Å². The van der Waals surface area contributed by atoms with E-state index in [0.717, 1.165) is 22.2 Å². The quantitative estimate of drug-likeness (QED) is 0.607. The molecule has 9 heteroatoms. The Balaban J connectivity index is 1.55. The van der Waals surface area contributed by atoms with Crippen LogP contribution in [0.15, 0.2) is 9.58 Å². The maximum absolute atomic E-state index is 11.8. The molecule has 21 heavy (non-hydrogen) atoms. The maximum atomic E-state index is 11.8. The Morgan fingerprint density at radius 2 is 2.33 bits per heavy atom. The van der Waals surface area contributed by atoms with Crippen molar-refractivity contribution in [2.45, 2.75) is 25.8 Å². The highest BCUT2D eigenvalue weighted by molar-refractivity contribution is 14.2. The van der Waals surface area contributed by atoms with Gasteiger partial charge < -0.3 is 15.4 Å². The number of carbonyl (C=O) groups excluding carboxylic acids is 1. The fourth-order valence-electron chi connectivity index (χ4n) is 2.12. The molecule has 114 valence electrons. The molecule has 2 N–H and O–H groups in total. The molecule has 8 nitrogen and oxygen atoms in total. The van der Waals surface area contributed by atoms with Crippen LogP contribution in [0.25, 0.3) is 0 Å². The summed E-state index contributed by atoms with van der Waals surface area (Å²) in [6.45, 7) is 3.78. The third-order valence-corrected chi connectivity index (χ3v) is 5.61. The lowest BCUT2D eigenvalue weighted by Crippen LogP contribution is -2.60. The Hall–Kier alpha value is -1.52. The topological polar surface area (TPSA) is 96.9 Å². The van der Waals surface area contributed by atoms with E-state index in [2.05, 4.69) is 20.1 Å². The van der Waals surface area contributed by atoms with E-state index < -0.39 is 21.0 Å². The highest BCUT2D eigenvalue weighted by atomic mass is 127. The number of unbranched alkanes of at least 4 members (excludes halogenated alkanes) is 1. The maximum Gasteiger partial charge on any atom is 0.409 e. The molecule has 0 aliphatic carbocycles. The summed E-state index contributed by atoms with van der Waals surface area (Å²) in [5.41, 5.74) is 5.84. The Morgan fingerprint density at radius 1 is 1.52 bits per heavy atom. The van der Waals surface area contributed by atoms with Gasteiger partial charge in [0, 0.05) is 13.1 Å². The minimum absolute atomic E-state index is 0.166. The second kappa shape index (κ2) is 6.08. The van der Waals surface area contributed by atoms with E-state index in [9.17, 15) is 4.79 Å². The molecule has 0 atom stereocenters. The van der Waals surface area contributed by atoms with Crippen LogP contribution in [0.3, 0.4) is 0 Å². The van der Waals surface area contributed by atoms with E-state index in [1.54, 1.807) is 4.90 Å². The second-order valence-corrected chi connectivity index (χ2v) is 6.92. The lowest BCUT2D eigenvalue weighted by molar-refractivity contribution is 0.0701. The van der Waals surface area contributed by atoms with E-state index in [0.29, 0.717) is 25.5 Å². The summed E-state index contributed by atoms with van der Waals surface area (Å²) in [5.74, 6) is 1.33. The average molecular weight is 404 g/mol. The van der Waals surface area contributed by atoms with E-state index in [4.69, 9.17) is 10.5 Å². The van der Waals surface area contributed by atoms with Gasteiger partial charge in [0.1, 0.15) is 15.7 Å². The second-order valence-electron chi connectivity index (χ2n) is 4.93. The third-order valence-electron chi connectivity index (χ3n) is 3.41. The van der Waals surface area contributed by atoms with E-state index in [1.165, 1.54) is 6.33 Å². The van der Waals surface area contributed by atoms with Gasteiger partial charge >= 0.3 is 6.09 Å². The number of carbonyl (C=O) groups is 1. The Bertz CT molecular complexity index is 575. The number of hydrogen-bond acceptors (Lipinski definition) is 7. The molecule has 2 aliphatic heterocycles. The van der Waals surface area contributed by atoms with E-state index in [1.807, 2.05) is 5.01 Å². The SMILES string of the molecule is CCCCOC(=O)N1CC(N2N=Ic3c(N)ncnc32)C1. The van der Waals surface area contributed by atoms with Gasteiger partial charge in [0.05, 0.1) is 33.7 Å². The van der Waals surface area contributed by atoms with Crippen molar-refractivity contribution in [1.82, 2.24) is 14.9 Å². The van der Waals surface area contributed by atoms with Crippen LogP contribution in [-0.2, 0) is 4.74 Å². The summed E-state index contributed by atoms with van der Waals surface area (Å²) >= 11 is -0.521. The minimum Gasteiger partial charge on any atom is -0.449 e. The molecule has 1 amide bonds. The van der Waals surface area contributed by atoms with E-state index >= 15 is 0 Å². The largest absolute Gasteiger partial charge is 0.449 e. The zero-order valence-electron chi connectivity index (χ0n) is 11.7. The van der Waals surface area contributed by atoms with Crippen LogP contribution in [0.4, 0.5) is 16.4 Å². The molecule has 0 aromatic carbocycles. The van der Waals surface area contributed by atoms with Crippen molar-refractivity contribution < 1.29 is 9.53 Å². The first-order chi connectivity index (χ1) is 10.2. The van der Waals surface area contributed by atoms with Gasteiger partial charge in [-0.3, -0.25) is 0 Å². The van der Waals surface area contributed by atoms with Crippen LogP contribution in [0.1, 0.15) is 19.8 Å². The first kappa shape index (κ1) is 14.4. The summed E-state index contributed by atoms with van der Waals surface area (Å²) in [4.78, 5) is 21.7. The van der Waals surface area contributed by atoms with Gasteiger partial charge in [0.25, 0.3) is 0 Å². The lowest BCUT2D eigenvalue weighted by Gasteiger charge is -2.41. The zero-order chi connectivity index (χ0) is 14.8. The number of anilines is 2.